The first-order valence-electron chi connectivity index (χ1n) is 14.1. The number of esters is 1. The van der Waals surface area contributed by atoms with Gasteiger partial charge in [0, 0.05) is 12.1 Å². The van der Waals surface area contributed by atoms with Gasteiger partial charge in [0.2, 0.25) is 0 Å². The third kappa shape index (κ3) is 12.2. The maximum Gasteiger partial charge on any atom is 0.338 e. The van der Waals surface area contributed by atoms with Gasteiger partial charge in [-0.3, -0.25) is 4.55 Å². The van der Waals surface area contributed by atoms with Crippen LogP contribution in [0.25, 0.3) is 0 Å². The SMILES string of the molecule is CS(=O)(=O)O.Cc1ccc(Oc2ccc(C(CNC(C)(C)C)OC(=O)c3ccc(C)cc3)cc2Oc2ccc(C)cc2)cc1. The fourth-order valence-corrected chi connectivity index (χ4v) is 3.87. The Hall–Kier alpha value is -4.18. The molecule has 0 amide bonds. The minimum Gasteiger partial charge on any atom is -0.453 e. The number of hydrogen-bond donors (Lipinski definition) is 2. The van der Waals surface area contributed by atoms with E-state index in [1.807, 2.05) is 99.6 Å². The molecule has 0 aromatic heterocycles. The first-order valence-corrected chi connectivity index (χ1v) is 16.0. The van der Waals surface area contributed by atoms with Gasteiger partial charge >= 0.3 is 5.97 Å². The zero-order valence-electron chi connectivity index (χ0n) is 26.2. The third-order valence-corrected chi connectivity index (χ3v) is 6.19. The van der Waals surface area contributed by atoms with E-state index in [0.29, 0.717) is 41.4 Å². The van der Waals surface area contributed by atoms with Crippen molar-refractivity contribution >= 4 is 16.1 Å². The summed E-state index contributed by atoms with van der Waals surface area (Å²) >= 11 is 0. The zero-order chi connectivity index (χ0) is 32.5. The summed E-state index contributed by atoms with van der Waals surface area (Å²) < 4.78 is 44.5. The van der Waals surface area contributed by atoms with Crippen molar-refractivity contribution in [1.82, 2.24) is 5.32 Å². The summed E-state index contributed by atoms with van der Waals surface area (Å²) in [5.74, 6) is 2.11. The largest absolute Gasteiger partial charge is 0.453 e. The number of aryl methyl sites for hydroxylation is 3. The lowest BCUT2D eigenvalue weighted by Gasteiger charge is -2.26. The van der Waals surface area contributed by atoms with Gasteiger partial charge in [0.15, 0.2) is 11.5 Å². The smallest absolute Gasteiger partial charge is 0.338 e. The molecule has 4 aromatic carbocycles. The molecular formula is C35H41NO7S. The molecule has 4 aromatic rings. The molecule has 0 aliphatic rings. The second-order valence-electron chi connectivity index (χ2n) is 11.7. The van der Waals surface area contributed by atoms with Gasteiger partial charge in [-0.15, -0.1) is 0 Å². The Balaban J connectivity index is 0.000000978. The minimum atomic E-state index is -3.67. The van der Waals surface area contributed by atoms with E-state index >= 15 is 0 Å². The van der Waals surface area contributed by atoms with Crippen molar-refractivity contribution in [2.75, 3.05) is 12.8 Å². The van der Waals surface area contributed by atoms with Crippen LogP contribution in [0.3, 0.4) is 0 Å². The van der Waals surface area contributed by atoms with E-state index in [9.17, 15) is 13.2 Å². The highest BCUT2D eigenvalue weighted by molar-refractivity contribution is 7.85. The second kappa shape index (κ2) is 15.0. The molecule has 0 saturated heterocycles. The van der Waals surface area contributed by atoms with Crippen LogP contribution in [0.1, 0.15) is 59.5 Å². The van der Waals surface area contributed by atoms with Crippen LogP contribution < -0.4 is 14.8 Å². The Morgan fingerprint density at radius 3 is 1.64 bits per heavy atom. The van der Waals surface area contributed by atoms with E-state index in [4.69, 9.17) is 18.8 Å². The van der Waals surface area contributed by atoms with Crippen molar-refractivity contribution < 1.29 is 32.0 Å². The van der Waals surface area contributed by atoms with Gasteiger partial charge in [0.1, 0.15) is 17.6 Å². The first kappa shape index (κ1) is 34.3. The molecule has 0 bridgehead atoms. The quantitative estimate of drug-likeness (QED) is 0.143. The Morgan fingerprint density at radius 2 is 1.18 bits per heavy atom. The molecule has 0 spiro atoms. The van der Waals surface area contributed by atoms with Crippen LogP contribution in [0.2, 0.25) is 0 Å². The minimum absolute atomic E-state index is 0.162. The van der Waals surface area contributed by atoms with Crippen LogP contribution in [0, 0.1) is 20.8 Å². The van der Waals surface area contributed by atoms with Crippen molar-refractivity contribution in [3.05, 3.63) is 119 Å². The van der Waals surface area contributed by atoms with Gasteiger partial charge in [-0.05, 0) is 95.6 Å². The standard InChI is InChI=1S/C34H37NO4.CH4O3S/c1-23-7-13-26(14-8-23)33(36)39-32(22-35-34(4,5)6)27-15-20-30(37-28-16-9-24(2)10-17-28)31(21-27)38-29-18-11-25(3)12-19-29;1-5(2,3)4/h7-21,32,35H,22H2,1-6H3;1H3,(H,2,3,4). The number of carbonyl (C=O) groups excluding carboxylic acids is 1. The Morgan fingerprint density at radius 1 is 0.750 bits per heavy atom. The van der Waals surface area contributed by atoms with Crippen LogP contribution in [-0.2, 0) is 14.9 Å². The molecular weight excluding hydrogens is 578 g/mol. The number of carbonyl (C=O) groups is 1. The molecule has 0 fully saturated rings. The van der Waals surface area contributed by atoms with Crippen molar-refractivity contribution in [3.8, 4) is 23.0 Å². The van der Waals surface area contributed by atoms with E-state index in [1.54, 1.807) is 12.1 Å². The van der Waals surface area contributed by atoms with E-state index in [1.165, 1.54) is 0 Å². The van der Waals surface area contributed by atoms with Crippen LogP contribution in [0.4, 0.5) is 0 Å². The van der Waals surface area contributed by atoms with E-state index in [2.05, 4.69) is 26.1 Å². The molecule has 0 heterocycles. The fourth-order valence-electron chi connectivity index (χ4n) is 3.87. The topological polar surface area (TPSA) is 111 Å². The maximum absolute atomic E-state index is 13.1. The summed E-state index contributed by atoms with van der Waals surface area (Å²) in [6.45, 7) is 12.7. The summed E-state index contributed by atoms with van der Waals surface area (Å²) in [5.41, 5.74) is 4.52. The van der Waals surface area contributed by atoms with Crippen LogP contribution in [0.15, 0.2) is 91.0 Å². The van der Waals surface area contributed by atoms with Gasteiger partial charge in [-0.2, -0.15) is 8.42 Å². The first-order chi connectivity index (χ1) is 20.6. The van der Waals surface area contributed by atoms with Crippen molar-refractivity contribution in [1.29, 1.82) is 0 Å². The average Bonchev–Trinajstić information content (AvgIpc) is 2.93. The van der Waals surface area contributed by atoms with Gasteiger partial charge in [0.25, 0.3) is 10.1 Å². The Bertz CT molecular complexity index is 1620. The van der Waals surface area contributed by atoms with Crippen molar-refractivity contribution in [2.45, 2.75) is 53.2 Å². The lowest BCUT2D eigenvalue weighted by molar-refractivity contribution is 0.0282. The second-order valence-corrected chi connectivity index (χ2v) is 13.1. The molecule has 0 saturated carbocycles. The van der Waals surface area contributed by atoms with Crippen molar-refractivity contribution in [3.63, 3.8) is 0 Å². The summed E-state index contributed by atoms with van der Waals surface area (Å²) in [5, 5.41) is 3.47. The average molecular weight is 620 g/mol. The highest BCUT2D eigenvalue weighted by atomic mass is 32.2. The molecule has 1 atom stereocenters. The molecule has 44 heavy (non-hydrogen) atoms. The summed E-state index contributed by atoms with van der Waals surface area (Å²) in [6, 6.07) is 28.8. The molecule has 1 unspecified atom stereocenters. The van der Waals surface area contributed by atoms with Gasteiger partial charge in [-0.1, -0.05) is 59.2 Å². The molecule has 0 aliphatic heterocycles. The lowest BCUT2D eigenvalue weighted by Crippen LogP contribution is -2.39. The maximum atomic E-state index is 13.1. The number of benzene rings is 4. The Labute approximate surface area is 260 Å². The Kier molecular flexibility index (Phi) is 11.7. The lowest BCUT2D eigenvalue weighted by atomic mass is 10.0. The van der Waals surface area contributed by atoms with E-state index in [0.717, 1.165) is 22.3 Å². The molecule has 234 valence electrons. The number of rotatable bonds is 9. The highest BCUT2D eigenvalue weighted by Gasteiger charge is 2.23. The normalized spacial score (nSPS) is 12.0. The monoisotopic (exact) mass is 619 g/mol. The van der Waals surface area contributed by atoms with E-state index < -0.39 is 16.2 Å². The van der Waals surface area contributed by atoms with E-state index in [-0.39, 0.29) is 11.5 Å². The predicted molar refractivity (Wildman–Crippen MR) is 174 cm³/mol. The molecule has 4 rings (SSSR count). The molecule has 8 nitrogen and oxygen atoms in total. The summed E-state index contributed by atoms with van der Waals surface area (Å²) in [7, 11) is -3.67. The predicted octanol–water partition coefficient (Wildman–Crippen LogP) is 7.99. The number of nitrogens with one attached hydrogen (secondary N) is 1. The molecule has 0 radical (unpaired) electrons. The van der Waals surface area contributed by atoms with Gasteiger partial charge in [0.05, 0.1) is 11.8 Å². The summed E-state index contributed by atoms with van der Waals surface area (Å²) in [4.78, 5) is 13.1. The van der Waals surface area contributed by atoms with Crippen molar-refractivity contribution in [2.24, 2.45) is 0 Å². The van der Waals surface area contributed by atoms with Gasteiger partial charge in [-0.25, -0.2) is 4.79 Å². The van der Waals surface area contributed by atoms with Crippen LogP contribution in [0.5, 0.6) is 23.0 Å². The zero-order valence-corrected chi connectivity index (χ0v) is 27.1. The molecule has 9 heteroatoms. The molecule has 2 N–H and O–H groups in total. The van der Waals surface area contributed by atoms with Gasteiger partial charge < -0.3 is 19.5 Å². The molecule has 0 aliphatic carbocycles. The fraction of sp³-hybridized carbons (Fsp3) is 0.286. The highest BCUT2D eigenvalue weighted by Crippen LogP contribution is 2.38. The number of hydrogen-bond acceptors (Lipinski definition) is 7. The number of ether oxygens (including phenoxy) is 3. The third-order valence-electron chi connectivity index (χ3n) is 6.19. The summed E-state index contributed by atoms with van der Waals surface area (Å²) in [6.07, 6.45) is 0.166. The van der Waals surface area contributed by atoms with Crippen LogP contribution in [-0.4, -0.2) is 37.3 Å². The van der Waals surface area contributed by atoms with Crippen LogP contribution >= 0.6 is 0 Å².